The van der Waals surface area contributed by atoms with Crippen LogP contribution in [0.4, 0.5) is 0 Å². The number of carboxylic acids is 3. The first-order valence-corrected chi connectivity index (χ1v) is 37.2. The second-order valence-corrected chi connectivity index (χ2v) is 29.7. The Bertz CT molecular complexity index is 3890. The molecule has 7 rings (SSSR count). The third-order valence-corrected chi connectivity index (χ3v) is 18.3. The Morgan fingerprint density at radius 1 is 0.380 bits per heavy atom. The second kappa shape index (κ2) is 31.6. The predicted octanol–water partition coefficient (Wildman–Crippen LogP) is -21.2. The van der Waals surface area contributed by atoms with Gasteiger partial charge in [0.1, 0.15) is 116 Å². The summed E-state index contributed by atoms with van der Waals surface area (Å²) in [6.45, 7) is -4.75. The van der Waals surface area contributed by atoms with E-state index >= 15 is 0 Å². The quantitative estimate of drug-likeness (QED) is 0.0230. The van der Waals surface area contributed by atoms with Crippen molar-refractivity contribution in [2.24, 2.45) is 0 Å². The smallest absolute Gasteiger partial charge is 0.218 e. The minimum Gasteiger partial charge on any atom is -0.735 e. The summed E-state index contributed by atoms with van der Waals surface area (Å²) < 4.78 is 374. The Kier molecular flexibility index (Phi) is 26.5. The number of ether oxygens (including phenoxy) is 12. The number of carbonyl (C=O) groups excluding carboxylic acids is 3. The molecule has 7 saturated heterocycles. The molecule has 0 aromatic heterocycles. The van der Waals surface area contributed by atoms with Crippen LogP contribution in [0.3, 0.4) is 0 Å². The van der Waals surface area contributed by atoms with Gasteiger partial charge in [0.2, 0.25) is 52.0 Å². The molecule has 0 radical (unpaired) electrons. The van der Waals surface area contributed by atoms with Gasteiger partial charge in [-0.2, -0.15) is 0 Å². The topological polar surface area (TPSA) is 892 Å². The fourth-order valence-corrected chi connectivity index (χ4v) is 14.3. The number of nitrogens with one attached hydrogen (secondary N) is 3. The van der Waals surface area contributed by atoms with Gasteiger partial charge < -0.3 is 154 Å². The van der Waals surface area contributed by atoms with Crippen molar-refractivity contribution < 1.29 is 242 Å². The molecular weight excluding hydrogens is 1580 g/mol. The maximum atomic E-state index is 13.0. The van der Waals surface area contributed by atoms with Gasteiger partial charge >= 0.3 is 0 Å². The van der Waals surface area contributed by atoms with Gasteiger partial charge in [-0.05, 0) is 0 Å². The lowest BCUT2D eigenvalue weighted by Gasteiger charge is -2.51. The highest BCUT2D eigenvalue weighted by molar-refractivity contribution is 7.84. The van der Waals surface area contributed by atoms with E-state index in [1.165, 1.54) is 4.72 Å². The number of aliphatic hydroxyl groups excluding tert-OH is 6. The van der Waals surface area contributed by atoms with Crippen molar-refractivity contribution in [1.29, 1.82) is 0 Å². The third-order valence-electron chi connectivity index (χ3n) is 14.4. The maximum absolute atomic E-state index is 13.0. The molecule has 0 amide bonds. The molecule has 582 valence electrons. The minimum atomic E-state index is -6.59. The Morgan fingerprint density at radius 2 is 0.720 bits per heavy atom. The summed E-state index contributed by atoms with van der Waals surface area (Å²) in [5, 5.41) is 106. The third kappa shape index (κ3) is 22.6. The van der Waals surface area contributed by atoms with Crippen molar-refractivity contribution in [3.8, 4) is 0 Å². The van der Waals surface area contributed by atoms with Gasteiger partial charge in [0.05, 0.1) is 43.8 Å². The first-order chi connectivity index (χ1) is 45.5. The van der Waals surface area contributed by atoms with Crippen LogP contribution in [-0.4, -0.2) is 350 Å². The molecule has 2 bridgehead atoms. The molecule has 9 N–H and O–H groups in total. The summed E-state index contributed by atoms with van der Waals surface area (Å²) in [5.74, 6) is -7.83. The summed E-state index contributed by atoms with van der Waals surface area (Å²) in [6, 6.07) is -8.45. The van der Waals surface area contributed by atoms with Crippen LogP contribution >= 0.6 is 0 Å². The van der Waals surface area contributed by atoms with Crippen LogP contribution in [0.5, 0.6) is 0 Å². The molecular formula is C36H46N3O53S8-11. The van der Waals surface area contributed by atoms with Gasteiger partial charge in [-0.1, -0.05) is 0 Å². The standard InChI is InChI=1S/C36H57N3O53S8/c40-5-1-6(28(46)47)79-34(18(5)90-98(67,68)69)83-20-8(3-77-96(61,62)63)81-32(11(14(20)42)38-94(55,56)57)86-23-17(45)25(92-100(73,74)75)36(89-27(23)30(50)51)85-21-9(4-78-97(64,65)66)82-33(12(15(21)43)39-95(58,59)60)87-22-16(44)24(91-99(70,71)72)35(88-26(22)29(48)49)84-19-7-2-76-31(80-7)10(13(19)41)37-93(52,53)54/h5-27,31-45H,1-4H2,(H,46,47)(H,48,49)(H,50,51)(H,52,53,54)(H,55,56,57)(H,58,59,60)(H,61,62,63)(H,64,65,66)(H,67,68,69)(H,70,71,72)(H,73,74,75)/p-11. The van der Waals surface area contributed by atoms with Gasteiger partial charge in [0.25, 0.3) is 0 Å². The number of carboxylic acid groups (broad SMARTS) is 3. The SMILES string of the molecule is O=C([O-])C1CC(O)C(OS(=O)(=O)[O-])C(OC2C(COS(=O)(=O)[O-])OC(OC3C(C(=O)[O-])OC(OC4C(COS(=O)(=O)[O-])OC(OC5C(C(=O)[O-])OC(OC6C7COC(O7)C(NS(=O)(=O)[O-])C6O)C(OS(=O)(=O)[O-])C5O)C(NS(=O)(=O)[O-])C4O)C(OS(=O)(=O)[O-])C3O)C(NS(=O)(=O)[O-])C2O)O1. The largest absolute Gasteiger partial charge is 0.735 e. The molecule has 7 aliphatic rings. The molecule has 7 fully saturated rings. The highest BCUT2D eigenvalue weighted by Gasteiger charge is 2.61. The molecule has 0 aliphatic carbocycles. The van der Waals surface area contributed by atoms with E-state index in [9.17, 15) is 164 Å². The van der Waals surface area contributed by atoms with Crippen molar-refractivity contribution >= 4 is 101 Å². The Hall–Kier alpha value is -3.35. The highest BCUT2D eigenvalue weighted by Crippen LogP contribution is 2.40. The van der Waals surface area contributed by atoms with E-state index in [0.717, 1.165) is 9.44 Å². The van der Waals surface area contributed by atoms with E-state index in [2.05, 4.69) is 20.9 Å². The lowest BCUT2D eigenvalue weighted by Crippen LogP contribution is -2.72. The zero-order chi connectivity index (χ0) is 75.4. The van der Waals surface area contributed by atoms with Crippen LogP contribution in [0.1, 0.15) is 6.42 Å². The van der Waals surface area contributed by atoms with E-state index in [4.69, 9.17) is 56.8 Å². The Labute approximate surface area is 558 Å². The lowest BCUT2D eigenvalue weighted by molar-refractivity contribution is -0.389. The number of hydrogen-bond donors (Lipinski definition) is 9. The van der Waals surface area contributed by atoms with Crippen molar-refractivity contribution in [3.05, 3.63) is 0 Å². The molecule has 0 spiro atoms. The summed E-state index contributed by atoms with van der Waals surface area (Å²) >= 11 is 0. The normalized spacial score (nSPS) is 40.5. The number of carbonyl (C=O) groups is 3. The van der Waals surface area contributed by atoms with Gasteiger partial charge in [-0.25, -0.2) is 81.5 Å². The highest BCUT2D eigenvalue weighted by atomic mass is 32.3. The lowest BCUT2D eigenvalue weighted by atomic mass is 9.94. The van der Waals surface area contributed by atoms with Gasteiger partial charge in [-0.15, -0.1) is 0 Å². The molecule has 0 aromatic rings. The maximum Gasteiger partial charge on any atom is 0.218 e. The van der Waals surface area contributed by atoms with Crippen LogP contribution < -0.4 is 29.5 Å². The van der Waals surface area contributed by atoms with Crippen molar-refractivity contribution in [2.45, 2.75) is 184 Å². The number of fused-ring (bicyclic) bond motifs is 2. The average molecular weight is 1630 g/mol. The second-order valence-electron chi connectivity index (χ2n) is 21.1. The van der Waals surface area contributed by atoms with Crippen molar-refractivity contribution in [3.63, 3.8) is 0 Å². The fraction of sp³-hybridized carbons (Fsp3) is 0.917. The van der Waals surface area contributed by atoms with Crippen LogP contribution in [0, 0.1) is 0 Å². The molecule has 7 heterocycles. The molecule has 29 unspecified atom stereocenters. The summed E-state index contributed by atoms with van der Waals surface area (Å²) in [6.07, 6.45) is -77.6. The van der Waals surface area contributed by atoms with E-state index in [1.807, 2.05) is 0 Å². The molecule has 29 atom stereocenters. The summed E-state index contributed by atoms with van der Waals surface area (Å²) in [4.78, 5) is 37.5. The van der Waals surface area contributed by atoms with Crippen LogP contribution in [0.2, 0.25) is 0 Å². The molecule has 7 aliphatic heterocycles. The molecule has 100 heavy (non-hydrogen) atoms. The van der Waals surface area contributed by atoms with E-state index in [0.29, 0.717) is 0 Å². The van der Waals surface area contributed by atoms with Gasteiger partial charge in [0.15, 0.2) is 87.0 Å². The van der Waals surface area contributed by atoms with Gasteiger partial charge in [0, 0.05) is 6.42 Å². The van der Waals surface area contributed by atoms with Crippen LogP contribution in [0.25, 0.3) is 0 Å². The fourth-order valence-electron chi connectivity index (χ4n) is 10.6. The molecule has 64 heteroatoms. The first kappa shape index (κ1) is 83.9. The van der Waals surface area contributed by atoms with E-state index in [1.54, 1.807) is 0 Å². The summed E-state index contributed by atoms with van der Waals surface area (Å²) in [5.41, 5.74) is 0. The zero-order valence-electron chi connectivity index (χ0n) is 47.7. The summed E-state index contributed by atoms with van der Waals surface area (Å²) in [7, 11) is -49.3. The zero-order valence-corrected chi connectivity index (χ0v) is 54.2. The monoisotopic (exact) mass is 1620 g/mol. The molecule has 0 aromatic carbocycles. The number of aliphatic carboxylic acids is 3. The Morgan fingerprint density at radius 3 is 1.07 bits per heavy atom. The number of aliphatic hydroxyl groups is 6. The van der Waals surface area contributed by atoms with Crippen molar-refractivity contribution in [2.75, 3.05) is 19.8 Å². The molecule has 56 nitrogen and oxygen atoms in total. The van der Waals surface area contributed by atoms with Crippen molar-refractivity contribution in [1.82, 2.24) is 14.2 Å². The minimum absolute atomic E-state index is 0.719. The first-order valence-electron chi connectivity index (χ1n) is 26.3. The molecule has 0 saturated carbocycles. The predicted molar refractivity (Wildman–Crippen MR) is 263 cm³/mol. The average Bonchev–Trinajstić information content (AvgIpc) is 1.06. The number of hydrogen-bond acceptors (Lipinski definition) is 53. The van der Waals surface area contributed by atoms with Gasteiger partial charge in [-0.3, -0.25) is 20.9 Å². The van der Waals surface area contributed by atoms with Crippen LogP contribution in [0.15, 0.2) is 0 Å². The van der Waals surface area contributed by atoms with Crippen LogP contribution in [-0.2, 0) is 175 Å². The van der Waals surface area contributed by atoms with E-state index in [-0.39, 0.29) is 0 Å². The Balaban J connectivity index is 1.24. The number of rotatable bonds is 31. The van der Waals surface area contributed by atoms with E-state index < -0.39 is 305 Å².